The number of halogens is 4. The maximum atomic E-state index is 13.4. The molecule has 1 N–H and O–H groups in total. The van der Waals surface area contributed by atoms with Crippen molar-refractivity contribution in [2.24, 2.45) is 0 Å². The molecular formula is C20H26F4N4O2. The van der Waals surface area contributed by atoms with Crippen LogP contribution in [0.1, 0.15) is 31.7 Å². The van der Waals surface area contributed by atoms with Gasteiger partial charge in [-0.25, -0.2) is 9.18 Å². The van der Waals surface area contributed by atoms with Gasteiger partial charge in [-0.3, -0.25) is 9.69 Å². The number of piperazine rings is 1. The first kappa shape index (κ1) is 22.3. The number of carbonyl (C=O) groups is 2. The Morgan fingerprint density at radius 2 is 1.80 bits per heavy atom. The summed E-state index contributed by atoms with van der Waals surface area (Å²) in [6, 6.07) is 2.06. The number of benzene rings is 1. The van der Waals surface area contributed by atoms with Crippen molar-refractivity contribution in [3.05, 3.63) is 29.6 Å². The number of piperidine rings is 1. The summed E-state index contributed by atoms with van der Waals surface area (Å²) >= 11 is 0. The molecule has 6 nitrogen and oxygen atoms in total. The molecule has 1 unspecified atom stereocenters. The number of urea groups is 1. The molecule has 2 saturated heterocycles. The second kappa shape index (κ2) is 9.20. The van der Waals surface area contributed by atoms with Crippen molar-refractivity contribution in [2.45, 2.75) is 38.4 Å². The van der Waals surface area contributed by atoms with E-state index in [1.165, 1.54) is 4.90 Å². The molecule has 0 spiro atoms. The number of hydrogen-bond acceptors (Lipinski definition) is 3. The Morgan fingerprint density at radius 3 is 2.43 bits per heavy atom. The summed E-state index contributed by atoms with van der Waals surface area (Å²) in [7, 11) is 0. The highest BCUT2D eigenvalue weighted by Crippen LogP contribution is 2.33. The molecule has 2 aliphatic heterocycles. The molecule has 1 aromatic rings. The Labute approximate surface area is 172 Å². The minimum absolute atomic E-state index is 0.0890. The van der Waals surface area contributed by atoms with Gasteiger partial charge in [-0.15, -0.1) is 0 Å². The molecule has 3 rings (SSSR count). The van der Waals surface area contributed by atoms with E-state index >= 15 is 0 Å². The first-order valence-electron chi connectivity index (χ1n) is 10.1. The van der Waals surface area contributed by atoms with Crippen LogP contribution in [0.15, 0.2) is 18.2 Å². The molecule has 0 bridgehead atoms. The molecular weight excluding hydrogens is 404 g/mol. The van der Waals surface area contributed by atoms with Gasteiger partial charge in [0, 0.05) is 44.5 Å². The van der Waals surface area contributed by atoms with Crippen LogP contribution in [0.5, 0.6) is 0 Å². The molecule has 0 aliphatic carbocycles. The Morgan fingerprint density at radius 1 is 1.10 bits per heavy atom. The average Bonchev–Trinajstić information content (AvgIpc) is 2.69. The van der Waals surface area contributed by atoms with E-state index in [1.807, 2.05) is 9.80 Å². The number of alkyl halides is 3. The van der Waals surface area contributed by atoms with Crippen LogP contribution in [0.3, 0.4) is 0 Å². The van der Waals surface area contributed by atoms with Gasteiger partial charge in [-0.05, 0) is 44.4 Å². The summed E-state index contributed by atoms with van der Waals surface area (Å²) in [5.74, 6) is -1.30. The number of nitrogens with zero attached hydrogens (tertiary/aromatic N) is 3. The maximum absolute atomic E-state index is 13.4. The van der Waals surface area contributed by atoms with Gasteiger partial charge in [-0.1, -0.05) is 0 Å². The van der Waals surface area contributed by atoms with Gasteiger partial charge in [0.1, 0.15) is 5.82 Å². The summed E-state index contributed by atoms with van der Waals surface area (Å²) in [5.41, 5.74) is -1.54. The van der Waals surface area contributed by atoms with Gasteiger partial charge in [0.2, 0.25) is 5.91 Å². The molecule has 0 radical (unpaired) electrons. The van der Waals surface area contributed by atoms with E-state index in [0.717, 1.165) is 31.9 Å². The standard InChI is InChI=1S/C20H26F4N4O2/c1-14-4-2-3-7-28(14)18(29)13-26-8-10-27(11-9-26)19(30)25-15-5-6-17(21)16(12-15)20(22,23)24/h5-6,12,14H,2-4,7-11,13H2,1H3,(H,25,30). The molecule has 2 heterocycles. The summed E-state index contributed by atoms with van der Waals surface area (Å²) < 4.78 is 51.9. The summed E-state index contributed by atoms with van der Waals surface area (Å²) in [5, 5.41) is 2.39. The number of hydrogen-bond donors (Lipinski definition) is 1. The third-order valence-electron chi connectivity index (χ3n) is 5.66. The van der Waals surface area contributed by atoms with Crippen molar-refractivity contribution >= 4 is 17.6 Å². The fourth-order valence-corrected chi connectivity index (χ4v) is 3.88. The molecule has 0 aromatic heterocycles. The van der Waals surface area contributed by atoms with Crippen molar-refractivity contribution in [1.82, 2.24) is 14.7 Å². The van der Waals surface area contributed by atoms with Gasteiger partial charge in [0.05, 0.1) is 12.1 Å². The third kappa shape index (κ3) is 5.41. The Balaban J connectivity index is 1.50. The predicted molar refractivity (Wildman–Crippen MR) is 103 cm³/mol. The number of rotatable bonds is 3. The lowest BCUT2D eigenvalue weighted by Crippen LogP contribution is -2.53. The Bertz CT molecular complexity index is 779. The second-order valence-electron chi connectivity index (χ2n) is 7.82. The topological polar surface area (TPSA) is 55.9 Å². The minimum Gasteiger partial charge on any atom is -0.339 e. The van der Waals surface area contributed by atoms with E-state index in [0.29, 0.717) is 44.9 Å². The molecule has 0 saturated carbocycles. The van der Waals surface area contributed by atoms with Crippen LogP contribution < -0.4 is 5.32 Å². The van der Waals surface area contributed by atoms with Gasteiger partial charge in [0.15, 0.2) is 0 Å². The average molecular weight is 430 g/mol. The van der Waals surface area contributed by atoms with E-state index in [2.05, 4.69) is 12.2 Å². The molecule has 3 amide bonds. The molecule has 1 atom stereocenters. The molecule has 30 heavy (non-hydrogen) atoms. The van der Waals surface area contributed by atoms with E-state index in [4.69, 9.17) is 0 Å². The van der Waals surface area contributed by atoms with Crippen molar-refractivity contribution in [2.75, 3.05) is 44.6 Å². The summed E-state index contributed by atoms with van der Waals surface area (Å²) in [4.78, 5) is 30.3. The summed E-state index contributed by atoms with van der Waals surface area (Å²) in [6.45, 7) is 4.83. The van der Waals surface area contributed by atoms with Gasteiger partial charge < -0.3 is 15.1 Å². The molecule has 166 valence electrons. The van der Waals surface area contributed by atoms with E-state index in [1.54, 1.807) is 0 Å². The monoisotopic (exact) mass is 430 g/mol. The largest absolute Gasteiger partial charge is 0.419 e. The molecule has 10 heteroatoms. The lowest BCUT2D eigenvalue weighted by molar-refractivity contribution is -0.140. The lowest BCUT2D eigenvalue weighted by atomic mass is 10.0. The highest BCUT2D eigenvalue weighted by Gasteiger charge is 2.34. The van der Waals surface area contributed by atoms with Crippen LogP contribution in [-0.4, -0.2) is 71.9 Å². The zero-order valence-corrected chi connectivity index (χ0v) is 16.8. The molecule has 2 aliphatic rings. The maximum Gasteiger partial charge on any atom is 0.419 e. The van der Waals surface area contributed by atoms with Gasteiger partial charge in [-0.2, -0.15) is 13.2 Å². The molecule has 2 fully saturated rings. The van der Waals surface area contributed by atoms with E-state index < -0.39 is 23.6 Å². The zero-order valence-electron chi connectivity index (χ0n) is 16.8. The van der Waals surface area contributed by atoms with Crippen molar-refractivity contribution in [1.29, 1.82) is 0 Å². The Hall–Kier alpha value is -2.36. The van der Waals surface area contributed by atoms with Crippen LogP contribution in [-0.2, 0) is 11.0 Å². The zero-order chi connectivity index (χ0) is 21.9. The predicted octanol–water partition coefficient (Wildman–Crippen LogP) is 3.40. The first-order chi connectivity index (χ1) is 14.1. The number of amides is 3. The highest BCUT2D eigenvalue weighted by molar-refractivity contribution is 5.89. The lowest BCUT2D eigenvalue weighted by Gasteiger charge is -2.38. The van der Waals surface area contributed by atoms with Crippen LogP contribution >= 0.6 is 0 Å². The van der Waals surface area contributed by atoms with E-state index in [9.17, 15) is 27.2 Å². The first-order valence-corrected chi connectivity index (χ1v) is 10.1. The van der Waals surface area contributed by atoms with Crippen LogP contribution in [0.25, 0.3) is 0 Å². The number of carbonyl (C=O) groups excluding carboxylic acids is 2. The van der Waals surface area contributed by atoms with Crippen molar-refractivity contribution < 1.29 is 27.2 Å². The smallest absolute Gasteiger partial charge is 0.339 e. The summed E-state index contributed by atoms with van der Waals surface area (Å²) in [6.07, 6.45) is -1.67. The fourth-order valence-electron chi connectivity index (χ4n) is 3.88. The van der Waals surface area contributed by atoms with E-state index in [-0.39, 0.29) is 17.6 Å². The highest BCUT2D eigenvalue weighted by atomic mass is 19.4. The van der Waals surface area contributed by atoms with Crippen LogP contribution in [0.4, 0.5) is 28.0 Å². The van der Waals surface area contributed by atoms with Gasteiger partial charge >= 0.3 is 12.2 Å². The normalized spacial score (nSPS) is 20.9. The van der Waals surface area contributed by atoms with Crippen LogP contribution in [0, 0.1) is 5.82 Å². The molecule has 1 aromatic carbocycles. The van der Waals surface area contributed by atoms with Crippen molar-refractivity contribution in [3.63, 3.8) is 0 Å². The van der Waals surface area contributed by atoms with Gasteiger partial charge in [0.25, 0.3) is 0 Å². The number of anilines is 1. The number of nitrogens with one attached hydrogen (secondary N) is 1. The SMILES string of the molecule is CC1CCCCN1C(=O)CN1CCN(C(=O)Nc2ccc(F)c(C(F)(F)F)c2)CC1. The van der Waals surface area contributed by atoms with Crippen molar-refractivity contribution in [3.8, 4) is 0 Å². The third-order valence-corrected chi connectivity index (χ3v) is 5.66. The van der Waals surface area contributed by atoms with Crippen LogP contribution in [0.2, 0.25) is 0 Å². The Kier molecular flexibility index (Phi) is 6.84. The second-order valence-corrected chi connectivity index (χ2v) is 7.82. The minimum atomic E-state index is -4.84. The number of likely N-dealkylation sites (tertiary alicyclic amines) is 1. The quantitative estimate of drug-likeness (QED) is 0.748. The fraction of sp³-hybridized carbons (Fsp3) is 0.600.